The number of aliphatic carboxylic acids is 1. The summed E-state index contributed by atoms with van der Waals surface area (Å²) in [5.74, 6) is -1.07. The van der Waals surface area contributed by atoms with Gasteiger partial charge in [-0.3, -0.25) is 4.79 Å². The summed E-state index contributed by atoms with van der Waals surface area (Å²) in [5, 5.41) is 7.80. The molecule has 0 fully saturated rings. The first-order valence-electron chi connectivity index (χ1n) is 1.46. The van der Waals surface area contributed by atoms with Crippen LogP contribution >= 0.6 is 0 Å². The zero-order chi connectivity index (χ0) is 5.15. The number of rotatable bonds is 1. The molecule has 0 heterocycles. The van der Waals surface area contributed by atoms with Crippen LogP contribution in [0.15, 0.2) is 0 Å². The number of nitrogens with two attached hydrogens (primary N) is 1. The summed E-state index contributed by atoms with van der Waals surface area (Å²) in [6.07, 6.45) is 0. The average molecular weight is 355 g/mol. The summed E-state index contributed by atoms with van der Waals surface area (Å²) in [5.41, 5.74) is 4.72. The summed E-state index contributed by atoms with van der Waals surface area (Å²) >= 11 is 0. The van der Waals surface area contributed by atoms with Crippen LogP contribution in [0.4, 0.5) is 0 Å². The van der Waals surface area contributed by atoms with Crippen LogP contribution in [-0.2, 0) is 4.79 Å². The second-order valence-electron chi connectivity index (χ2n) is 0.945. The normalized spacial score (nSPS) is 11.7. The maximum Gasteiger partial charge on any atom is 0.289 e. The van der Waals surface area contributed by atoms with Crippen LogP contribution < -0.4 is 5.73 Å². The minimum absolute atomic E-state index is 0. The molecule has 0 saturated heterocycles. The molecule has 0 aliphatic carbocycles. The standard InChI is InChI=1S/C3H6NO2.Rf/c1-2(4)3(5)6;/h2H,1,4H2,(H,5,6);/q-1;. The van der Waals surface area contributed by atoms with Gasteiger partial charge in [0.25, 0.3) is 5.97 Å². The van der Waals surface area contributed by atoms with Crippen molar-refractivity contribution in [1.29, 1.82) is 0 Å². The maximum atomic E-state index is 9.51. The topological polar surface area (TPSA) is 63.3 Å². The van der Waals surface area contributed by atoms with Crippen molar-refractivity contribution in [2.75, 3.05) is 0 Å². The van der Waals surface area contributed by atoms with Gasteiger partial charge in [-0.15, -0.1) is 0 Å². The maximum absolute atomic E-state index is 9.51. The molecule has 1 atom stereocenters. The van der Waals surface area contributed by atoms with Crippen LogP contribution in [0.3, 0.4) is 0 Å². The van der Waals surface area contributed by atoms with E-state index in [0.717, 1.165) is 0 Å². The van der Waals surface area contributed by atoms with E-state index in [-0.39, 0.29) is 0 Å². The molecule has 0 rings (SSSR count). The first-order chi connectivity index (χ1) is 2.64. The number of hydrogen-bond acceptors (Lipinski definition) is 2. The molecule has 0 aliphatic heterocycles. The Kier molecular flexibility index (Phi) is 3.44. The Bertz CT molecular complexity index is 64.0. The molecule has 3 N–H and O–H groups in total. The second kappa shape index (κ2) is 2.66. The van der Waals surface area contributed by atoms with E-state index in [4.69, 9.17) is 10.8 Å². The van der Waals surface area contributed by atoms with Gasteiger partial charge in [-0.25, -0.2) is 0 Å². The Balaban J connectivity index is 0. The fraction of sp³-hybridized carbons (Fsp3) is 0.333. The van der Waals surface area contributed by atoms with Gasteiger partial charge in [-0.05, 0) is 6.04 Å². The third-order valence-corrected chi connectivity index (χ3v) is 0.317. The van der Waals surface area contributed by atoms with Crippen molar-refractivity contribution in [3.8, 4) is 0 Å². The molecular formula is C3H6NO2Rf-. The molecule has 3 nitrogen and oxygen atoms in total. The molecule has 0 aromatic heterocycles. The third kappa shape index (κ3) is 4.43. The predicted molar refractivity (Wildman–Crippen MR) is 21.0 cm³/mol. The first-order valence-corrected chi connectivity index (χ1v) is 1.46. The molecular weight excluding hydrogens is 349 g/mol. The third-order valence-electron chi connectivity index (χ3n) is 0.317. The van der Waals surface area contributed by atoms with E-state index in [1.54, 1.807) is 0 Å². The first kappa shape index (κ1) is 9.06. The minimum atomic E-state index is -1.07. The van der Waals surface area contributed by atoms with Gasteiger partial charge < -0.3 is 17.8 Å². The van der Waals surface area contributed by atoms with Crippen molar-refractivity contribution < 1.29 is 9.90 Å². The van der Waals surface area contributed by atoms with Gasteiger partial charge in [-0.2, -0.15) is 0 Å². The molecule has 0 spiro atoms. The summed E-state index contributed by atoms with van der Waals surface area (Å²) in [6, 6.07) is -0.981. The number of carbonyl (C=O) groups is 1. The molecule has 1 unspecified atom stereocenters. The predicted octanol–water partition coefficient (Wildman–Crippen LogP) is -0.768. The molecule has 0 amide bonds. The van der Waals surface area contributed by atoms with Crippen molar-refractivity contribution in [1.82, 2.24) is 0 Å². The summed E-state index contributed by atoms with van der Waals surface area (Å²) in [7, 11) is 0. The van der Waals surface area contributed by atoms with Gasteiger partial charge in [0.05, 0.1) is 0 Å². The molecule has 0 aromatic rings. The quantitative estimate of drug-likeness (QED) is 0.608. The molecule has 0 saturated carbocycles. The Hall–Kier alpha value is -1.57. The number of carboxylic acids is 1. The van der Waals surface area contributed by atoms with Gasteiger partial charge >= 0.3 is 0 Å². The van der Waals surface area contributed by atoms with Crippen LogP contribution in [0.1, 0.15) is 0 Å². The largest absolute Gasteiger partial charge is 0.482 e. The van der Waals surface area contributed by atoms with Crippen LogP contribution in [-0.4, -0.2) is 17.1 Å². The molecule has 0 radical (unpaired) electrons. The molecule has 7 heavy (non-hydrogen) atoms. The fourth-order valence-electron chi connectivity index (χ4n) is 0. The van der Waals surface area contributed by atoms with E-state index in [9.17, 15) is 4.79 Å². The Labute approximate surface area is 35.8 Å². The van der Waals surface area contributed by atoms with E-state index in [2.05, 4.69) is 6.92 Å². The molecule has 38 valence electrons. The monoisotopic (exact) mass is 355 g/mol. The van der Waals surface area contributed by atoms with E-state index in [0.29, 0.717) is 0 Å². The van der Waals surface area contributed by atoms with Gasteiger partial charge in [-0.1, -0.05) is 0 Å². The molecule has 4 heteroatoms. The van der Waals surface area contributed by atoms with Crippen molar-refractivity contribution >= 4 is 5.97 Å². The Morgan fingerprint density at radius 2 is 2.00 bits per heavy atom. The van der Waals surface area contributed by atoms with Crippen LogP contribution in [0.5, 0.6) is 0 Å². The summed E-state index contributed by atoms with van der Waals surface area (Å²) < 4.78 is 0. The fourth-order valence-corrected chi connectivity index (χ4v) is 0. The molecule has 0 aromatic carbocycles. The number of hydrogen-bond donors (Lipinski definition) is 2. The van der Waals surface area contributed by atoms with Gasteiger partial charge in [0.15, 0.2) is 0 Å². The number of carboxylic acid groups (broad SMARTS) is 1. The SMILES string of the molecule is [CH2-]C(N)C(=O)O.[Rf]. The van der Waals surface area contributed by atoms with Gasteiger partial charge in [0.2, 0.25) is 0 Å². The van der Waals surface area contributed by atoms with E-state index < -0.39 is 12.0 Å². The second-order valence-corrected chi connectivity index (χ2v) is 0.945. The van der Waals surface area contributed by atoms with Crippen LogP contribution in [0.25, 0.3) is 0 Å². The van der Waals surface area contributed by atoms with E-state index >= 15 is 0 Å². The smallest absolute Gasteiger partial charge is 0.289 e. The van der Waals surface area contributed by atoms with E-state index in [1.807, 2.05) is 0 Å². The zero-order valence-corrected chi connectivity index (χ0v) is 10.3. The Morgan fingerprint density at radius 1 is 1.86 bits per heavy atom. The Morgan fingerprint density at radius 3 is 2.00 bits per heavy atom. The minimum Gasteiger partial charge on any atom is -0.482 e. The van der Waals surface area contributed by atoms with Gasteiger partial charge in [0.1, 0.15) is 0 Å². The zero-order valence-electron chi connectivity index (χ0n) is 3.92. The van der Waals surface area contributed by atoms with Crippen molar-refractivity contribution in [3.63, 3.8) is 0 Å². The van der Waals surface area contributed by atoms with Gasteiger partial charge in [0, 0.05) is 0 Å². The van der Waals surface area contributed by atoms with Crippen LogP contribution in [0.2, 0.25) is 0 Å². The van der Waals surface area contributed by atoms with Crippen molar-refractivity contribution in [2.24, 2.45) is 5.73 Å². The summed E-state index contributed by atoms with van der Waals surface area (Å²) in [6.45, 7) is 3.02. The molecule has 0 aliphatic rings. The van der Waals surface area contributed by atoms with Crippen LogP contribution in [0, 0.1) is 6.92 Å². The van der Waals surface area contributed by atoms with E-state index in [1.165, 1.54) is 0 Å². The van der Waals surface area contributed by atoms with Crippen molar-refractivity contribution in [3.05, 3.63) is 6.92 Å². The summed E-state index contributed by atoms with van der Waals surface area (Å²) in [4.78, 5) is 9.51. The average Bonchev–Trinajstić information content (AvgIpc) is 1.36. The van der Waals surface area contributed by atoms with Crippen molar-refractivity contribution in [2.45, 2.75) is 6.04 Å². The molecule has 0 bridgehead atoms.